The third-order valence-corrected chi connectivity index (χ3v) is 0.463. The monoisotopic (exact) mass is 104 g/mol. The van der Waals surface area contributed by atoms with Gasteiger partial charge in [0.2, 0.25) is 0 Å². The van der Waals surface area contributed by atoms with Gasteiger partial charge in [-0.3, -0.25) is 0 Å². The molecule has 0 aliphatic heterocycles. The molecule has 0 aliphatic rings. The molecular weight excluding hydrogens is 96.0 g/mol. The second-order valence-electron chi connectivity index (χ2n) is 0.970. The lowest BCUT2D eigenvalue weighted by molar-refractivity contribution is -0.566. The number of azo groups is 1. The molecular formula is C3H8N2O2. The molecule has 0 N–H and O–H groups in total. The molecule has 0 atom stereocenters. The molecule has 0 aromatic rings. The lowest BCUT2D eigenvalue weighted by Gasteiger charge is -1.93. The van der Waals surface area contributed by atoms with Gasteiger partial charge >= 0.3 is 0 Å². The fourth-order valence-electron chi connectivity index (χ4n) is 0.168. The van der Waals surface area contributed by atoms with Gasteiger partial charge in [-0.25, -0.2) is 0 Å². The van der Waals surface area contributed by atoms with E-state index < -0.39 is 0 Å². The topological polar surface area (TPSA) is 47.7 Å². The Bertz CT molecular complexity index is 71.3. The third-order valence-electron chi connectivity index (χ3n) is 0.463. The van der Waals surface area contributed by atoms with Crippen LogP contribution in [0.3, 0.4) is 0 Å². The van der Waals surface area contributed by atoms with Crippen molar-refractivity contribution in [2.45, 2.75) is 0 Å². The van der Waals surface area contributed by atoms with E-state index in [9.17, 15) is 5.21 Å². The summed E-state index contributed by atoms with van der Waals surface area (Å²) in [5, 5.41) is 13.3. The van der Waals surface area contributed by atoms with Crippen molar-refractivity contribution in [1.82, 2.24) is 0 Å². The van der Waals surface area contributed by atoms with E-state index in [1.54, 1.807) is 0 Å². The van der Waals surface area contributed by atoms with Gasteiger partial charge in [-0.05, 0) is 5.11 Å². The van der Waals surface area contributed by atoms with Crippen LogP contribution in [0, 0.1) is 5.21 Å². The van der Waals surface area contributed by atoms with E-state index >= 15 is 0 Å². The van der Waals surface area contributed by atoms with E-state index in [0.717, 1.165) is 0 Å². The Labute approximate surface area is 42.0 Å². The minimum absolute atomic E-state index is 0.0104. The first-order valence-electron chi connectivity index (χ1n) is 1.84. The van der Waals surface area contributed by atoms with Gasteiger partial charge in [0.25, 0.3) is 6.73 Å². The van der Waals surface area contributed by atoms with Crippen molar-refractivity contribution in [3.8, 4) is 0 Å². The van der Waals surface area contributed by atoms with Crippen LogP contribution in [0.15, 0.2) is 5.11 Å². The Kier molecular flexibility index (Phi) is 3.22. The predicted octanol–water partition coefficient (Wildman–Crippen LogP) is 0.183. The van der Waals surface area contributed by atoms with E-state index in [1.807, 2.05) is 0 Å². The first-order chi connectivity index (χ1) is 3.31. The van der Waals surface area contributed by atoms with E-state index in [4.69, 9.17) is 0 Å². The molecule has 0 amide bonds. The summed E-state index contributed by atoms with van der Waals surface area (Å²) < 4.78 is 4.41. The summed E-state index contributed by atoms with van der Waals surface area (Å²) in [5.41, 5.74) is 0. The Balaban J connectivity index is 3.17. The highest BCUT2D eigenvalue weighted by Crippen LogP contribution is 1.70. The zero-order valence-electron chi connectivity index (χ0n) is 4.42. The standard InChI is InChI=1S/C3H8N2O2/c1-4-5(6)3-7-2/h3H2,1-2H3. The fourth-order valence-corrected chi connectivity index (χ4v) is 0.168. The van der Waals surface area contributed by atoms with Gasteiger partial charge in [-0.2, -0.15) is 0 Å². The van der Waals surface area contributed by atoms with Crippen molar-refractivity contribution in [1.29, 1.82) is 0 Å². The van der Waals surface area contributed by atoms with E-state index in [2.05, 4.69) is 9.85 Å². The summed E-state index contributed by atoms with van der Waals surface area (Å²) in [6, 6.07) is 0. The normalized spacial score (nSPS) is 12.0. The molecule has 0 fully saturated rings. The van der Waals surface area contributed by atoms with Crippen molar-refractivity contribution in [2.75, 3.05) is 20.9 Å². The Morgan fingerprint density at radius 3 is 2.57 bits per heavy atom. The minimum Gasteiger partial charge on any atom is -0.598 e. The van der Waals surface area contributed by atoms with Gasteiger partial charge in [0.15, 0.2) is 0 Å². The van der Waals surface area contributed by atoms with Crippen molar-refractivity contribution in [3.05, 3.63) is 5.21 Å². The van der Waals surface area contributed by atoms with E-state index in [0.29, 0.717) is 4.86 Å². The van der Waals surface area contributed by atoms with Gasteiger partial charge < -0.3 is 9.94 Å². The SMILES string of the molecule is CN=[N+]([O-])COC. The highest BCUT2D eigenvalue weighted by atomic mass is 16.6. The maximum Gasteiger partial charge on any atom is 0.283 e. The molecule has 0 unspecified atom stereocenters. The molecule has 0 aromatic carbocycles. The average molecular weight is 104 g/mol. The molecule has 42 valence electrons. The first kappa shape index (κ1) is 6.36. The highest BCUT2D eigenvalue weighted by molar-refractivity contribution is 3.97. The zero-order valence-corrected chi connectivity index (χ0v) is 4.42. The van der Waals surface area contributed by atoms with Crippen LogP contribution in [0.2, 0.25) is 0 Å². The lowest BCUT2D eigenvalue weighted by Crippen LogP contribution is -2.02. The minimum atomic E-state index is 0.0104. The summed E-state index contributed by atoms with van der Waals surface area (Å²) in [6.07, 6.45) is 0. The fraction of sp³-hybridized carbons (Fsp3) is 1.00. The summed E-state index contributed by atoms with van der Waals surface area (Å²) in [4.78, 5) is 0.458. The number of methoxy groups -OCH3 is 1. The molecule has 0 saturated heterocycles. The van der Waals surface area contributed by atoms with Crippen LogP contribution < -0.4 is 0 Å². The summed E-state index contributed by atoms with van der Waals surface area (Å²) in [7, 11) is 2.85. The van der Waals surface area contributed by atoms with Crippen LogP contribution in [0.25, 0.3) is 0 Å². The predicted molar refractivity (Wildman–Crippen MR) is 23.9 cm³/mol. The largest absolute Gasteiger partial charge is 0.598 e. The van der Waals surface area contributed by atoms with Crippen LogP contribution in [-0.4, -0.2) is 25.7 Å². The number of ether oxygens (including phenoxy) is 1. The average Bonchev–Trinajstić information content (AvgIpc) is 1.68. The summed E-state index contributed by atoms with van der Waals surface area (Å²) in [6.45, 7) is 0.0104. The Morgan fingerprint density at radius 2 is 2.43 bits per heavy atom. The first-order valence-corrected chi connectivity index (χ1v) is 1.84. The van der Waals surface area contributed by atoms with Crippen LogP contribution in [-0.2, 0) is 4.74 Å². The third kappa shape index (κ3) is 3.18. The van der Waals surface area contributed by atoms with Gasteiger partial charge in [0.05, 0.1) is 7.05 Å². The maximum absolute atomic E-state index is 10.0. The molecule has 0 saturated carbocycles. The van der Waals surface area contributed by atoms with Crippen LogP contribution in [0.5, 0.6) is 0 Å². The molecule has 0 rings (SSSR count). The second-order valence-corrected chi connectivity index (χ2v) is 0.970. The van der Waals surface area contributed by atoms with E-state index in [-0.39, 0.29) is 6.73 Å². The molecule has 0 heterocycles. The van der Waals surface area contributed by atoms with Crippen LogP contribution >= 0.6 is 0 Å². The number of hydroxylamine groups is 1. The molecule has 7 heavy (non-hydrogen) atoms. The smallest absolute Gasteiger partial charge is 0.283 e. The van der Waals surface area contributed by atoms with Crippen LogP contribution in [0.4, 0.5) is 0 Å². The van der Waals surface area contributed by atoms with Crippen molar-refractivity contribution < 1.29 is 9.60 Å². The zero-order chi connectivity index (χ0) is 5.70. The highest BCUT2D eigenvalue weighted by Gasteiger charge is 1.83. The molecule has 4 heteroatoms. The summed E-state index contributed by atoms with van der Waals surface area (Å²) >= 11 is 0. The Hall–Kier alpha value is -0.640. The van der Waals surface area contributed by atoms with Gasteiger partial charge in [0.1, 0.15) is 0 Å². The molecule has 0 aliphatic carbocycles. The van der Waals surface area contributed by atoms with E-state index in [1.165, 1.54) is 14.2 Å². The molecule has 0 bridgehead atoms. The molecule has 0 aromatic heterocycles. The van der Waals surface area contributed by atoms with Gasteiger partial charge in [0, 0.05) is 7.11 Å². The van der Waals surface area contributed by atoms with Gasteiger partial charge in [-0.15, -0.1) is 0 Å². The molecule has 4 nitrogen and oxygen atoms in total. The Morgan fingerprint density at radius 1 is 1.86 bits per heavy atom. The maximum atomic E-state index is 10.0. The summed E-state index contributed by atoms with van der Waals surface area (Å²) in [5.74, 6) is 0. The van der Waals surface area contributed by atoms with Crippen molar-refractivity contribution >= 4 is 0 Å². The van der Waals surface area contributed by atoms with Crippen molar-refractivity contribution in [3.63, 3.8) is 0 Å². The second kappa shape index (κ2) is 3.55. The van der Waals surface area contributed by atoms with Crippen molar-refractivity contribution in [2.24, 2.45) is 5.11 Å². The quantitative estimate of drug-likeness (QED) is 0.217. The lowest BCUT2D eigenvalue weighted by atomic mass is 11.3. The number of nitrogens with zero attached hydrogens (tertiary/aromatic N) is 2. The van der Waals surface area contributed by atoms with Gasteiger partial charge in [-0.1, -0.05) is 4.86 Å². The van der Waals surface area contributed by atoms with Crippen LogP contribution in [0.1, 0.15) is 0 Å². The molecule has 0 spiro atoms. The molecule has 0 radical (unpaired) electrons. The number of hydrogen-bond acceptors (Lipinski definition) is 3. The number of hydrogen-bond donors (Lipinski definition) is 0. The number of rotatable bonds is 2.